The van der Waals surface area contributed by atoms with Crippen molar-refractivity contribution in [1.29, 1.82) is 0 Å². The normalized spacial score (nSPS) is 44.8. The number of hydrogen-bond acceptors (Lipinski definition) is 2. The summed E-state index contributed by atoms with van der Waals surface area (Å²) in [5.41, 5.74) is 0. The van der Waals surface area contributed by atoms with Crippen molar-refractivity contribution in [3.63, 3.8) is 0 Å². The summed E-state index contributed by atoms with van der Waals surface area (Å²) in [6.45, 7) is 0. The SMILES string of the molecule is COC(=O)[C@H]1C[C@@H]2C[C@@H]21. The van der Waals surface area contributed by atoms with Crippen LogP contribution < -0.4 is 0 Å². The van der Waals surface area contributed by atoms with Gasteiger partial charge < -0.3 is 4.74 Å². The number of ether oxygens (including phenoxy) is 1. The van der Waals surface area contributed by atoms with Crippen molar-refractivity contribution >= 4 is 5.97 Å². The van der Waals surface area contributed by atoms with Gasteiger partial charge in [0.15, 0.2) is 0 Å². The van der Waals surface area contributed by atoms with Crippen LogP contribution in [0.4, 0.5) is 0 Å². The maximum absolute atomic E-state index is 10.8. The number of fused-ring (bicyclic) bond motifs is 1. The van der Waals surface area contributed by atoms with Crippen LogP contribution in [-0.2, 0) is 9.53 Å². The predicted molar refractivity (Wildman–Crippen MR) is 31.7 cm³/mol. The molecule has 0 saturated heterocycles. The summed E-state index contributed by atoms with van der Waals surface area (Å²) < 4.78 is 4.61. The first-order valence-corrected chi connectivity index (χ1v) is 3.40. The third-order valence-electron chi connectivity index (χ3n) is 2.55. The molecule has 2 rings (SSSR count). The van der Waals surface area contributed by atoms with Gasteiger partial charge in [0.2, 0.25) is 0 Å². The van der Waals surface area contributed by atoms with E-state index in [-0.39, 0.29) is 11.9 Å². The fraction of sp³-hybridized carbons (Fsp3) is 0.857. The Balaban J connectivity index is 1.92. The lowest BCUT2D eigenvalue weighted by Crippen LogP contribution is -2.26. The molecule has 2 saturated carbocycles. The lowest BCUT2D eigenvalue weighted by Gasteiger charge is -2.21. The minimum atomic E-state index is 0.00810. The van der Waals surface area contributed by atoms with Crippen LogP contribution >= 0.6 is 0 Å². The molecule has 2 aliphatic rings. The Morgan fingerprint density at radius 1 is 1.56 bits per heavy atom. The van der Waals surface area contributed by atoms with Crippen molar-refractivity contribution in [3.05, 3.63) is 0 Å². The van der Waals surface area contributed by atoms with E-state index in [9.17, 15) is 4.79 Å². The van der Waals surface area contributed by atoms with Crippen LogP contribution in [0.5, 0.6) is 0 Å². The molecule has 0 bridgehead atoms. The molecule has 2 nitrogen and oxygen atoms in total. The number of rotatable bonds is 1. The van der Waals surface area contributed by atoms with Gasteiger partial charge >= 0.3 is 5.97 Å². The second kappa shape index (κ2) is 1.49. The zero-order valence-corrected chi connectivity index (χ0v) is 5.46. The maximum Gasteiger partial charge on any atom is 0.308 e. The standard InChI is InChI=1S/C7H10O2/c1-9-7(8)6-3-4-2-5(4)6/h4-6H,2-3H2,1H3/t4-,5-,6-/m0/s1. The Kier molecular flexibility index (Phi) is 0.875. The van der Waals surface area contributed by atoms with Crippen LogP contribution in [0, 0.1) is 17.8 Å². The first kappa shape index (κ1) is 5.27. The van der Waals surface area contributed by atoms with E-state index in [0.29, 0.717) is 0 Å². The van der Waals surface area contributed by atoms with Crippen molar-refractivity contribution in [2.24, 2.45) is 17.8 Å². The lowest BCUT2D eigenvalue weighted by molar-refractivity contribution is -0.148. The molecule has 0 aromatic rings. The Morgan fingerprint density at radius 2 is 2.33 bits per heavy atom. The van der Waals surface area contributed by atoms with Crippen LogP contribution in [0.3, 0.4) is 0 Å². The van der Waals surface area contributed by atoms with Crippen molar-refractivity contribution in [3.8, 4) is 0 Å². The van der Waals surface area contributed by atoms with Gasteiger partial charge in [-0.3, -0.25) is 4.79 Å². The minimum absolute atomic E-state index is 0.00810. The summed E-state index contributed by atoms with van der Waals surface area (Å²) >= 11 is 0. The van der Waals surface area contributed by atoms with Crippen LogP contribution in [0.25, 0.3) is 0 Å². The molecule has 0 unspecified atom stereocenters. The number of esters is 1. The van der Waals surface area contributed by atoms with E-state index in [1.807, 2.05) is 0 Å². The molecule has 0 aromatic carbocycles. The summed E-state index contributed by atoms with van der Waals surface area (Å²) in [5, 5.41) is 0. The van der Waals surface area contributed by atoms with Gasteiger partial charge in [0.05, 0.1) is 13.0 Å². The average molecular weight is 126 g/mol. The molecule has 9 heavy (non-hydrogen) atoms. The van der Waals surface area contributed by atoms with Crippen molar-refractivity contribution in [1.82, 2.24) is 0 Å². The largest absolute Gasteiger partial charge is 0.469 e. The second-order valence-corrected chi connectivity index (χ2v) is 3.02. The molecule has 0 radical (unpaired) electrons. The van der Waals surface area contributed by atoms with Gasteiger partial charge in [-0.2, -0.15) is 0 Å². The number of methoxy groups -OCH3 is 1. The first-order valence-electron chi connectivity index (χ1n) is 3.40. The van der Waals surface area contributed by atoms with Crippen LogP contribution in [0.1, 0.15) is 12.8 Å². The van der Waals surface area contributed by atoms with E-state index >= 15 is 0 Å². The highest BCUT2D eigenvalue weighted by Crippen LogP contribution is 2.59. The van der Waals surface area contributed by atoms with Crippen LogP contribution in [0.15, 0.2) is 0 Å². The molecule has 2 heteroatoms. The van der Waals surface area contributed by atoms with E-state index in [0.717, 1.165) is 18.3 Å². The summed E-state index contributed by atoms with van der Waals surface area (Å²) in [6.07, 6.45) is 2.37. The van der Waals surface area contributed by atoms with Gasteiger partial charge in [-0.25, -0.2) is 0 Å². The monoisotopic (exact) mass is 126 g/mol. The van der Waals surface area contributed by atoms with E-state index in [4.69, 9.17) is 0 Å². The van der Waals surface area contributed by atoms with Gasteiger partial charge in [-0.05, 0) is 24.7 Å². The first-order chi connectivity index (χ1) is 4.33. The van der Waals surface area contributed by atoms with E-state index < -0.39 is 0 Å². The fourth-order valence-corrected chi connectivity index (χ4v) is 1.76. The second-order valence-electron chi connectivity index (χ2n) is 3.02. The topological polar surface area (TPSA) is 26.3 Å². The Labute approximate surface area is 54.2 Å². The van der Waals surface area contributed by atoms with Crippen molar-refractivity contribution in [2.45, 2.75) is 12.8 Å². The molecule has 50 valence electrons. The minimum Gasteiger partial charge on any atom is -0.469 e. The zero-order chi connectivity index (χ0) is 6.43. The van der Waals surface area contributed by atoms with Crippen molar-refractivity contribution in [2.75, 3.05) is 7.11 Å². The quantitative estimate of drug-likeness (QED) is 0.486. The summed E-state index contributed by atoms with van der Waals surface area (Å²) in [7, 11) is 1.47. The molecule has 0 aliphatic heterocycles. The van der Waals surface area contributed by atoms with Gasteiger partial charge in [0.25, 0.3) is 0 Å². The molecule has 0 heterocycles. The highest BCUT2D eigenvalue weighted by molar-refractivity contribution is 5.74. The Morgan fingerprint density at radius 3 is 2.67 bits per heavy atom. The lowest BCUT2D eigenvalue weighted by atomic mass is 9.86. The molecule has 0 spiro atoms. The summed E-state index contributed by atoms with van der Waals surface area (Å²) in [4.78, 5) is 10.8. The van der Waals surface area contributed by atoms with E-state index in [1.165, 1.54) is 13.5 Å². The summed E-state index contributed by atoms with van der Waals surface area (Å²) in [6, 6.07) is 0. The highest BCUT2D eigenvalue weighted by Gasteiger charge is 2.56. The van der Waals surface area contributed by atoms with Gasteiger partial charge in [0.1, 0.15) is 0 Å². The van der Waals surface area contributed by atoms with Crippen LogP contribution in [0.2, 0.25) is 0 Å². The molecular formula is C7H10O2. The molecule has 0 aromatic heterocycles. The average Bonchev–Trinajstić information content (AvgIpc) is 2.42. The molecule has 2 aliphatic carbocycles. The number of carbonyl (C=O) groups excluding carboxylic acids is 1. The highest BCUT2D eigenvalue weighted by atomic mass is 16.5. The smallest absolute Gasteiger partial charge is 0.308 e. The van der Waals surface area contributed by atoms with Gasteiger partial charge in [-0.1, -0.05) is 0 Å². The molecule has 2 fully saturated rings. The Bertz CT molecular complexity index is 153. The molecular weight excluding hydrogens is 116 g/mol. The fourth-order valence-electron chi connectivity index (χ4n) is 1.76. The third kappa shape index (κ3) is 0.590. The Hall–Kier alpha value is -0.530. The summed E-state index contributed by atoms with van der Waals surface area (Å²) in [5.74, 6) is 1.90. The number of carbonyl (C=O) groups is 1. The van der Waals surface area contributed by atoms with Crippen molar-refractivity contribution < 1.29 is 9.53 Å². The molecule has 0 N–H and O–H groups in total. The molecule has 3 atom stereocenters. The van der Waals surface area contributed by atoms with E-state index in [2.05, 4.69) is 4.74 Å². The number of hydrogen-bond donors (Lipinski definition) is 0. The van der Waals surface area contributed by atoms with Gasteiger partial charge in [0, 0.05) is 0 Å². The molecule has 0 amide bonds. The zero-order valence-electron chi connectivity index (χ0n) is 5.46. The maximum atomic E-state index is 10.8. The van der Waals surface area contributed by atoms with E-state index in [1.54, 1.807) is 0 Å². The van der Waals surface area contributed by atoms with Gasteiger partial charge in [-0.15, -0.1) is 0 Å². The third-order valence-corrected chi connectivity index (χ3v) is 2.55. The predicted octanol–water partition coefficient (Wildman–Crippen LogP) is 0.815. The van der Waals surface area contributed by atoms with Crippen LogP contribution in [-0.4, -0.2) is 13.1 Å².